The van der Waals surface area contributed by atoms with E-state index in [0.717, 1.165) is 50.8 Å². The maximum absolute atomic E-state index is 13.1. The van der Waals surface area contributed by atoms with E-state index in [-0.39, 0.29) is 23.8 Å². The van der Waals surface area contributed by atoms with Gasteiger partial charge in [0.15, 0.2) is 0 Å². The lowest BCUT2D eigenvalue weighted by Crippen LogP contribution is -2.54. The first-order valence-electron chi connectivity index (χ1n) is 12.3. The number of esters is 1. The van der Waals surface area contributed by atoms with Gasteiger partial charge in [-0.1, -0.05) is 0 Å². The minimum atomic E-state index is -0.348. The van der Waals surface area contributed by atoms with Crippen molar-refractivity contribution in [2.75, 3.05) is 64.9 Å². The number of anilines is 1. The highest BCUT2D eigenvalue weighted by molar-refractivity contribution is 7.17. The first-order chi connectivity index (χ1) is 16.4. The van der Waals surface area contributed by atoms with Crippen LogP contribution in [0, 0.1) is 0 Å². The Bertz CT molecular complexity index is 851. The number of aryl methyl sites for hydroxylation is 1. The number of carbonyl (C=O) groups is 3. The summed E-state index contributed by atoms with van der Waals surface area (Å²) in [6, 6.07) is -0.334. The fourth-order valence-corrected chi connectivity index (χ4v) is 5.75. The smallest absolute Gasteiger partial charge is 0.341 e. The molecule has 1 aliphatic carbocycles. The van der Waals surface area contributed by atoms with Crippen molar-refractivity contribution < 1.29 is 23.9 Å². The van der Waals surface area contributed by atoms with Gasteiger partial charge in [0.2, 0.25) is 11.8 Å². The van der Waals surface area contributed by atoms with E-state index in [0.29, 0.717) is 50.0 Å². The SMILES string of the molecule is CCOC(=O)c1c(NC(=O)C(C)N2CCN(CC(=O)NCCCOC)CC2)sc2c1CCCC2. The standard InChI is InChI=1S/C24H38N4O5S/c1-4-33-24(31)21-18-8-5-6-9-19(18)34-23(21)26-22(30)17(2)28-13-11-27(12-14-28)16-20(29)25-10-7-15-32-3/h17H,4-16H2,1-3H3,(H,25,29)(H,26,30). The molecule has 0 radical (unpaired) electrons. The number of amides is 2. The summed E-state index contributed by atoms with van der Waals surface area (Å²) in [5.74, 6) is -0.448. The van der Waals surface area contributed by atoms with Crippen molar-refractivity contribution >= 4 is 34.1 Å². The summed E-state index contributed by atoms with van der Waals surface area (Å²) in [6.07, 6.45) is 4.76. The van der Waals surface area contributed by atoms with E-state index in [9.17, 15) is 14.4 Å². The predicted molar refractivity (Wildman–Crippen MR) is 133 cm³/mol. The number of hydrogen-bond acceptors (Lipinski definition) is 8. The fourth-order valence-electron chi connectivity index (χ4n) is 4.47. The number of methoxy groups -OCH3 is 1. The number of fused-ring (bicyclic) bond motifs is 1. The molecule has 1 saturated heterocycles. The number of nitrogens with one attached hydrogen (secondary N) is 2. The lowest BCUT2D eigenvalue weighted by molar-refractivity contribution is -0.124. The number of carbonyl (C=O) groups excluding carboxylic acids is 3. The van der Waals surface area contributed by atoms with Crippen LogP contribution in [-0.4, -0.2) is 93.2 Å². The van der Waals surface area contributed by atoms with Gasteiger partial charge in [0, 0.05) is 51.3 Å². The van der Waals surface area contributed by atoms with Crippen molar-refractivity contribution in [2.24, 2.45) is 0 Å². The molecule has 2 amide bonds. The van der Waals surface area contributed by atoms with Crippen LogP contribution < -0.4 is 10.6 Å². The van der Waals surface area contributed by atoms with Crippen molar-refractivity contribution in [3.63, 3.8) is 0 Å². The number of ether oxygens (including phenoxy) is 2. The molecule has 2 aliphatic rings. The summed E-state index contributed by atoms with van der Waals surface area (Å²) < 4.78 is 10.3. The van der Waals surface area contributed by atoms with Gasteiger partial charge in [0.25, 0.3) is 0 Å². The number of nitrogens with zero attached hydrogens (tertiary/aromatic N) is 2. The van der Waals surface area contributed by atoms with Gasteiger partial charge in [0.05, 0.1) is 24.8 Å². The molecule has 190 valence electrons. The van der Waals surface area contributed by atoms with Crippen LogP contribution >= 0.6 is 11.3 Å². The molecule has 1 aromatic heterocycles. The highest BCUT2D eigenvalue weighted by Gasteiger charge is 2.30. The molecule has 0 aromatic carbocycles. The van der Waals surface area contributed by atoms with Crippen molar-refractivity contribution in [3.05, 3.63) is 16.0 Å². The van der Waals surface area contributed by atoms with Gasteiger partial charge in [-0.3, -0.25) is 19.4 Å². The molecule has 9 nitrogen and oxygen atoms in total. The molecule has 34 heavy (non-hydrogen) atoms. The largest absolute Gasteiger partial charge is 0.462 e. The summed E-state index contributed by atoms with van der Waals surface area (Å²) in [5, 5.41) is 6.56. The van der Waals surface area contributed by atoms with Crippen LogP contribution in [0.4, 0.5) is 5.00 Å². The van der Waals surface area contributed by atoms with Gasteiger partial charge < -0.3 is 20.1 Å². The quantitative estimate of drug-likeness (QED) is 0.358. The van der Waals surface area contributed by atoms with Gasteiger partial charge in [-0.2, -0.15) is 0 Å². The van der Waals surface area contributed by atoms with E-state index >= 15 is 0 Å². The second kappa shape index (κ2) is 13.2. The second-order valence-corrected chi connectivity index (χ2v) is 9.91. The molecule has 0 saturated carbocycles. The zero-order valence-corrected chi connectivity index (χ0v) is 21.4. The van der Waals surface area contributed by atoms with Gasteiger partial charge in [-0.15, -0.1) is 11.3 Å². The minimum Gasteiger partial charge on any atom is -0.462 e. The molecule has 0 spiro atoms. The second-order valence-electron chi connectivity index (χ2n) is 8.81. The molecule has 1 aliphatic heterocycles. The molecular formula is C24H38N4O5S. The number of hydrogen-bond donors (Lipinski definition) is 2. The average molecular weight is 495 g/mol. The van der Waals surface area contributed by atoms with Crippen LogP contribution in [0.2, 0.25) is 0 Å². The van der Waals surface area contributed by atoms with E-state index in [1.807, 2.05) is 6.92 Å². The van der Waals surface area contributed by atoms with Crippen molar-refractivity contribution in [1.29, 1.82) is 0 Å². The first kappa shape index (κ1) is 26.6. The molecule has 2 N–H and O–H groups in total. The van der Waals surface area contributed by atoms with Gasteiger partial charge in [-0.05, 0) is 51.5 Å². The van der Waals surface area contributed by atoms with Crippen LogP contribution in [-0.2, 0) is 31.9 Å². The van der Waals surface area contributed by atoms with Gasteiger partial charge >= 0.3 is 5.97 Å². The Morgan fingerprint density at radius 1 is 1.12 bits per heavy atom. The van der Waals surface area contributed by atoms with Gasteiger partial charge in [0.1, 0.15) is 5.00 Å². The van der Waals surface area contributed by atoms with E-state index in [1.165, 1.54) is 16.2 Å². The third-order valence-electron chi connectivity index (χ3n) is 6.44. The van der Waals surface area contributed by atoms with Crippen molar-refractivity contribution in [2.45, 2.75) is 52.0 Å². The van der Waals surface area contributed by atoms with Gasteiger partial charge in [-0.25, -0.2) is 4.79 Å². The zero-order chi connectivity index (χ0) is 24.5. The molecular weight excluding hydrogens is 456 g/mol. The first-order valence-corrected chi connectivity index (χ1v) is 13.1. The van der Waals surface area contributed by atoms with Crippen LogP contribution in [0.1, 0.15) is 53.9 Å². The molecule has 1 atom stereocenters. The highest BCUT2D eigenvalue weighted by atomic mass is 32.1. The van der Waals surface area contributed by atoms with Crippen LogP contribution in [0.25, 0.3) is 0 Å². The van der Waals surface area contributed by atoms with Crippen LogP contribution in [0.3, 0.4) is 0 Å². The summed E-state index contributed by atoms with van der Waals surface area (Å²) in [6.45, 7) is 8.47. The number of piperazine rings is 1. The summed E-state index contributed by atoms with van der Waals surface area (Å²) in [4.78, 5) is 43.3. The summed E-state index contributed by atoms with van der Waals surface area (Å²) >= 11 is 1.51. The molecule has 0 bridgehead atoms. The summed E-state index contributed by atoms with van der Waals surface area (Å²) in [7, 11) is 1.65. The normalized spacial score (nSPS) is 17.6. The Morgan fingerprint density at radius 3 is 2.56 bits per heavy atom. The van der Waals surface area contributed by atoms with E-state index in [2.05, 4.69) is 20.4 Å². The third-order valence-corrected chi connectivity index (χ3v) is 7.64. The lowest BCUT2D eigenvalue weighted by Gasteiger charge is -2.37. The minimum absolute atomic E-state index is 0.0171. The third kappa shape index (κ3) is 7.00. The molecule has 3 rings (SSSR count). The maximum atomic E-state index is 13.1. The molecule has 1 fully saturated rings. The maximum Gasteiger partial charge on any atom is 0.341 e. The van der Waals surface area contributed by atoms with Crippen LogP contribution in [0.5, 0.6) is 0 Å². The Hall–Kier alpha value is -2.01. The van der Waals surface area contributed by atoms with Crippen molar-refractivity contribution in [3.8, 4) is 0 Å². The van der Waals surface area contributed by atoms with Crippen LogP contribution in [0.15, 0.2) is 0 Å². The Balaban J connectivity index is 1.52. The average Bonchev–Trinajstić information content (AvgIpc) is 3.20. The zero-order valence-electron chi connectivity index (χ0n) is 20.6. The monoisotopic (exact) mass is 494 g/mol. The van der Waals surface area contributed by atoms with E-state index in [1.54, 1.807) is 14.0 Å². The fraction of sp³-hybridized carbons (Fsp3) is 0.708. The van der Waals surface area contributed by atoms with E-state index in [4.69, 9.17) is 9.47 Å². The molecule has 10 heteroatoms. The Labute approximate surface area is 206 Å². The van der Waals surface area contributed by atoms with Crippen molar-refractivity contribution in [1.82, 2.24) is 15.1 Å². The molecule has 2 heterocycles. The Kier molecular flexibility index (Phi) is 10.3. The summed E-state index contributed by atoms with van der Waals surface area (Å²) in [5.41, 5.74) is 1.59. The molecule has 1 aromatic rings. The topological polar surface area (TPSA) is 100 Å². The van der Waals surface area contributed by atoms with E-state index < -0.39 is 0 Å². The Morgan fingerprint density at radius 2 is 1.85 bits per heavy atom. The lowest BCUT2D eigenvalue weighted by atomic mass is 9.95. The number of thiophene rings is 1. The number of rotatable bonds is 11. The predicted octanol–water partition coefficient (Wildman–Crippen LogP) is 1.90. The molecule has 1 unspecified atom stereocenters. The highest BCUT2D eigenvalue weighted by Crippen LogP contribution is 2.38.